The second-order valence-corrected chi connectivity index (χ2v) is 8.21. The van der Waals surface area contributed by atoms with Crippen molar-refractivity contribution in [3.05, 3.63) is 11.4 Å². The zero-order valence-electron chi connectivity index (χ0n) is 16.3. The van der Waals surface area contributed by atoms with Gasteiger partial charge in [0.05, 0.1) is 12.6 Å². The summed E-state index contributed by atoms with van der Waals surface area (Å²) in [5, 5.41) is 6.98. The molecule has 2 amide bonds. The second-order valence-electron chi connectivity index (χ2n) is 8.21. The Bertz CT molecular complexity index is 551. The number of hydrazine groups is 1. The number of nitrogens with one attached hydrogen (secondary N) is 3. The predicted molar refractivity (Wildman–Crippen MR) is 95.2 cm³/mol. The molecule has 0 saturated heterocycles. The van der Waals surface area contributed by atoms with Crippen LogP contribution in [-0.4, -0.2) is 42.3 Å². The van der Waals surface area contributed by atoms with Gasteiger partial charge >= 0.3 is 6.03 Å². The molecule has 2 unspecified atom stereocenters. The molecule has 1 heterocycles. The van der Waals surface area contributed by atoms with E-state index < -0.39 is 17.6 Å². The summed E-state index contributed by atoms with van der Waals surface area (Å²) in [6.45, 7) is 6.78. The van der Waals surface area contributed by atoms with Crippen molar-refractivity contribution >= 4 is 6.03 Å². The molecule has 1 aliphatic heterocycles. The SMILES string of the molecule is CCCC(C)C1=C(NC(=O)NCC(C)(C)F)N(C)NC1C1CC(F)(F)C1. The molecule has 5 nitrogen and oxygen atoms in total. The van der Waals surface area contributed by atoms with E-state index in [0.29, 0.717) is 5.82 Å². The third kappa shape index (κ3) is 5.05. The molecule has 0 aromatic carbocycles. The molecular formula is C18H31F3N4O. The van der Waals surface area contributed by atoms with Gasteiger partial charge in [0, 0.05) is 19.9 Å². The molecule has 2 rings (SSSR count). The maximum atomic E-state index is 13.6. The van der Waals surface area contributed by atoms with Gasteiger partial charge < -0.3 is 5.32 Å². The van der Waals surface area contributed by atoms with Crippen molar-refractivity contribution in [2.24, 2.45) is 11.8 Å². The first kappa shape index (κ1) is 20.9. The molecule has 3 N–H and O–H groups in total. The minimum Gasteiger partial charge on any atom is -0.335 e. The topological polar surface area (TPSA) is 56.4 Å². The highest BCUT2D eigenvalue weighted by atomic mass is 19.3. The van der Waals surface area contributed by atoms with Crippen LogP contribution < -0.4 is 16.1 Å². The lowest BCUT2D eigenvalue weighted by molar-refractivity contribution is -0.118. The molecule has 2 aliphatic rings. The molecule has 8 heteroatoms. The van der Waals surface area contributed by atoms with Gasteiger partial charge in [-0.3, -0.25) is 10.3 Å². The Kier molecular flexibility index (Phi) is 6.15. The lowest BCUT2D eigenvalue weighted by Crippen LogP contribution is -2.49. The number of nitrogens with zero attached hydrogens (tertiary/aromatic N) is 1. The summed E-state index contributed by atoms with van der Waals surface area (Å²) in [4.78, 5) is 12.2. The van der Waals surface area contributed by atoms with E-state index in [0.717, 1.165) is 18.4 Å². The third-order valence-corrected chi connectivity index (χ3v) is 5.02. The van der Waals surface area contributed by atoms with E-state index in [-0.39, 0.29) is 37.3 Å². The summed E-state index contributed by atoms with van der Waals surface area (Å²) in [5.74, 6) is -2.02. The predicted octanol–water partition coefficient (Wildman–Crippen LogP) is 3.55. The van der Waals surface area contributed by atoms with Crippen LogP contribution in [0.5, 0.6) is 0 Å². The van der Waals surface area contributed by atoms with Crippen LogP contribution in [0.25, 0.3) is 0 Å². The highest BCUT2D eigenvalue weighted by molar-refractivity contribution is 5.76. The maximum Gasteiger partial charge on any atom is 0.320 e. The van der Waals surface area contributed by atoms with E-state index in [1.54, 1.807) is 12.1 Å². The Labute approximate surface area is 153 Å². The van der Waals surface area contributed by atoms with Gasteiger partial charge in [0.2, 0.25) is 5.92 Å². The number of carbonyl (C=O) groups is 1. The zero-order valence-corrected chi connectivity index (χ0v) is 16.3. The van der Waals surface area contributed by atoms with E-state index in [9.17, 15) is 18.0 Å². The molecule has 2 atom stereocenters. The lowest BCUT2D eigenvalue weighted by Gasteiger charge is -2.40. The first-order valence-corrected chi connectivity index (χ1v) is 9.29. The molecule has 0 spiro atoms. The van der Waals surface area contributed by atoms with Crippen LogP contribution in [0.15, 0.2) is 11.4 Å². The fourth-order valence-corrected chi connectivity index (χ4v) is 3.71. The molecule has 0 aromatic heterocycles. The molecule has 1 saturated carbocycles. The van der Waals surface area contributed by atoms with Crippen molar-refractivity contribution in [2.75, 3.05) is 13.6 Å². The zero-order chi connectivity index (χ0) is 19.7. The first-order valence-electron chi connectivity index (χ1n) is 9.29. The van der Waals surface area contributed by atoms with Crippen LogP contribution in [0.4, 0.5) is 18.0 Å². The van der Waals surface area contributed by atoms with Crippen molar-refractivity contribution < 1.29 is 18.0 Å². The Morgan fingerprint density at radius 2 is 2.04 bits per heavy atom. The highest BCUT2D eigenvalue weighted by Crippen LogP contribution is 2.48. The summed E-state index contributed by atoms with van der Waals surface area (Å²) in [7, 11) is 1.75. The number of carbonyl (C=O) groups excluding carboxylic acids is 1. The molecule has 0 aromatic rings. The number of halogens is 3. The average Bonchev–Trinajstić information content (AvgIpc) is 2.79. The van der Waals surface area contributed by atoms with Gasteiger partial charge in [-0.05, 0) is 37.7 Å². The number of amides is 2. The monoisotopic (exact) mass is 376 g/mol. The summed E-state index contributed by atoms with van der Waals surface area (Å²) in [5.41, 5.74) is 2.66. The van der Waals surface area contributed by atoms with Gasteiger partial charge in [0.1, 0.15) is 11.5 Å². The van der Waals surface area contributed by atoms with Crippen LogP contribution in [0, 0.1) is 11.8 Å². The number of hydrogen-bond donors (Lipinski definition) is 3. The van der Waals surface area contributed by atoms with E-state index in [2.05, 4.69) is 23.0 Å². The summed E-state index contributed by atoms with van der Waals surface area (Å²) < 4.78 is 40.3. The fraction of sp³-hybridized carbons (Fsp3) is 0.833. The molecule has 150 valence electrons. The third-order valence-electron chi connectivity index (χ3n) is 5.02. The van der Waals surface area contributed by atoms with Gasteiger partial charge in [-0.25, -0.2) is 23.4 Å². The Balaban J connectivity index is 2.16. The maximum absolute atomic E-state index is 13.6. The van der Waals surface area contributed by atoms with E-state index in [1.807, 2.05) is 6.92 Å². The van der Waals surface area contributed by atoms with E-state index in [4.69, 9.17) is 0 Å². The van der Waals surface area contributed by atoms with E-state index in [1.165, 1.54) is 13.8 Å². The van der Waals surface area contributed by atoms with Crippen LogP contribution >= 0.6 is 0 Å². The van der Waals surface area contributed by atoms with Gasteiger partial charge in [-0.2, -0.15) is 0 Å². The number of alkyl halides is 3. The fourth-order valence-electron chi connectivity index (χ4n) is 3.71. The number of rotatable bonds is 7. The average molecular weight is 376 g/mol. The molecule has 1 aliphatic carbocycles. The van der Waals surface area contributed by atoms with Gasteiger partial charge in [0.25, 0.3) is 0 Å². The highest BCUT2D eigenvalue weighted by Gasteiger charge is 2.52. The molecular weight excluding hydrogens is 345 g/mol. The van der Waals surface area contributed by atoms with Crippen LogP contribution in [0.3, 0.4) is 0 Å². The summed E-state index contributed by atoms with van der Waals surface area (Å²) in [6, 6.07) is -0.714. The lowest BCUT2D eigenvalue weighted by atomic mass is 9.72. The summed E-state index contributed by atoms with van der Waals surface area (Å²) in [6.07, 6.45) is 1.57. The second kappa shape index (κ2) is 7.66. The number of urea groups is 1. The molecule has 1 fully saturated rings. The van der Waals surface area contributed by atoms with Crippen LogP contribution in [0.1, 0.15) is 53.4 Å². The standard InChI is InChI=1S/C18H31F3N4O/c1-6-7-11(2)13-14(12-8-18(20,21)9-12)24-25(5)15(13)23-16(26)22-10-17(3,4)19/h11-12,14,24H,6-10H2,1-5H3,(H2,22,23,26). The summed E-state index contributed by atoms with van der Waals surface area (Å²) >= 11 is 0. The van der Waals surface area contributed by atoms with Crippen molar-refractivity contribution in [2.45, 2.75) is 71.0 Å². The van der Waals surface area contributed by atoms with Crippen LogP contribution in [0.2, 0.25) is 0 Å². The van der Waals surface area contributed by atoms with Gasteiger partial charge in [-0.15, -0.1) is 0 Å². The van der Waals surface area contributed by atoms with Crippen molar-refractivity contribution in [1.82, 2.24) is 21.1 Å². The van der Waals surface area contributed by atoms with E-state index >= 15 is 0 Å². The molecule has 0 radical (unpaired) electrons. The quantitative estimate of drug-likeness (QED) is 0.637. The van der Waals surface area contributed by atoms with Crippen molar-refractivity contribution in [3.63, 3.8) is 0 Å². The minimum atomic E-state index is -2.59. The Morgan fingerprint density at radius 3 is 2.54 bits per heavy atom. The normalized spacial score (nSPS) is 24.5. The molecule has 26 heavy (non-hydrogen) atoms. The van der Waals surface area contributed by atoms with Crippen molar-refractivity contribution in [1.29, 1.82) is 0 Å². The largest absolute Gasteiger partial charge is 0.335 e. The Morgan fingerprint density at radius 1 is 1.42 bits per heavy atom. The number of hydrogen-bond acceptors (Lipinski definition) is 3. The molecule has 0 bridgehead atoms. The first-order chi connectivity index (χ1) is 11.9. The Hall–Kier alpha value is -1.44. The van der Waals surface area contributed by atoms with Gasteiger partial charge in [-0.1, -0.05) is 20.3 Å². The smallest absolute Gasteiger partial charge is 0.320 e. The van der Waals surface area contributed by atoms with Crippen LogP contribution in [-0.2, 0) is 0 Å². The minimum absolute atomic E-state index is 0.110. The van der Waals surface area contributed by atoms with Crippen molar-refractivity contribution in [3.8, 4) is 0 Å². The van der Waals surface area contributed by atoms with Gasteiger partial charge in [0.15, 0.2) is 0 Å².